The molecule has 1 aromatic heterocycles. The molecule has 2 fully saturated rings. The van der Waals surface area contributed by atoms with Gasteiger partial charge in [0.15, 0.2) is 5.78 Å². The van der Waals surface area contributed by atoms with Crippen molar-refractivity contribution < 1.29 is 19.1 Å². The number of aromatic nitrogens is 1. The lowest BCUT2D eigenvalue weighted by atomic mass is 9.83. The average Bonchev–Trinajstić information content (AvgIpc) is 2.92. The first-order chi connectivity index (χ1) is 12.9. The van der Waals surface area contributed by atoms with Crippen LogP contribution in [0.1, 0.15) is 83.5 Å². The number of aromatic amines is 1. The third kappa shape index (κ3) is 3.94. The number of aryl methyl sites for hydroxylation is 1. The first-order valence-corrected chi connectivity index (χ1v) is 10.0. The topological polar surface area (TPSA) is 79.5 Å². The van der Waals surface area contributed by atoms with Crippen molar-refractivity contribution in [3.05, 3.63) is 22.5 Å². The van der Waals surface area contributed by atoms with E-state index in [0.29, 0.717) is 22.5 Å². The van der Waals surface area contributed by atoms with E-state index in [1.807, 2.05) is 4.90 Å². The fourth-order valence-electron chi connectivity index (χ4n) is 4.38. The summed E-state index contributed by atoms with van der Waals surface area (Å²) < 4.78 is 4.79. The van der Waals surface area contributed by atoms with Crippen molar-refractivity contribution in [2.45, 2.75) is 71.3 Å². The van der Waals surface area contributed by atoms with E-state index in [1.165, 1.54) is 13.5 Å². The molecule has 1 amide bonds. The molecule has 27 heavy (non-hydrogen) atoms. The Hall–Kier alpha value is -2.11. The summed E-state index contributed by atoms with van der Waals surface area (Å²) in [5, 5.41) is 0. The van der Waals surface area contributed by atoms with Crippen molar-refractivity contribution in [2.24, 2.45) is 5.92 Å². The number of hydrogen-bond donors (Lipinski definition) is 1. The van der Waals surface area contributed by atoms with Crippen LogP contribution in [0.15, 0.2) is 0 Å². The summed E-state index contributed by atoms with van der Waals surface area (Å²) in [7, 11) is 1.32. The molecule has 0 radical (unpaired) electrons. The predicted octanol–water partition coefficient (Wildman–Crippen LogP) is 3.56. The van der Waals surface area contributed by atoms with Gasteiger partial charge in [0.25, 0.3) is 0 Å². The zero-order valence-corrected chi connectivity index (χ0v) is 16.6. The van der Waals surface area contributed by atoms with E-state index in [-0.39, 0.29) is 30.2 Å². The number of carbonyl (C=O) groups excluding carboxylic acids is 3. The maximum Gasteiger partial charge on any atom is 0.354 e. The number of H-pyrrole nitrogens is 1. The molecule has 2 aliphatic carbocycles. The number of nitrogens with one attached hydrogen (secondary N) is 1. The molecule has 0 atom stereocenters. The van der Waals surface area contributed by atoms with Crippen LogP contribution in [0.2, 0.25) is 0 Å². The largest absolute Gasteiger partial charge is 0.464 e. The summed E-state index contributed by atoms with van der Waals surface area (Å²) in [6, 6.07) is 0.162. The van der Waals surface area contributed by atoms with Gasteiger partial charge in [-0.05, 0) is 45.1 Å². The zero-order valence-electron chi connectivity index (χ0n) is 16.6. The smallest absolute Gasteiger partial charge is 0.354 e. The highest BCUT2D eigenvalue weighted by Gasteiger charge is 2.35. The molecule has 6 heteroatoms. The number of amides is 1. The van der Waals surface area contributed by atoms with E-state index >= 15 is 0 Å². The molecule has 0 unspecified atom stereocenters. The average molecular weight is 374 g/mol. The van der Waals surface area contributed by atoms with Crippen LogP contribution < -0.4 is 0 Å². The normalized spacial score (nSPS) is 18.0. The van der Waals surface area contributed by atoms with Crippen LogP contribution in [0.3, 0.4) is 0 Å². The Morgan fingerprint density at radius 1 is 1.04 bits per heavy atom. The first kappa shape index (κ1) is 19.6. The Labute approximate surface area is 160 Å². The molecule has 6 nitrogen and oxygen atoms in total. The fraction of sp³-hybridized carbons (Fsp3) is 0.667. The Morgan fingerprint density at radius 3 is 2.26 bits per heavy atom. The van der Waals surface area contributed by atoms with Gasteiger partial charge in [0.05, 0.1) is 13.7 Å². The predicted molar refractivity (Wildman–Crippen MR) is 102 cm³/mol. The van der Waals surface area contributed by atoms with Gasteiger partial charge in [0.1, 0.15) is 5.69 Å². The SMILES string of the molecule is COC(=O)c1[nH]c(C)c(C(=O)CN(C(=O)C2CCC2)C2CCCCC2)c1C. The van der Waals surface area contributed by atoms with Crippen LogP contribution in [0.5, 0.6) is 0 Å². The lowest BCUT2D eigenvalue weighted by molar-refractivity contribution is -0.140. The highest BCUT2D eigenvalue weighted by atomic mass is 16.5. The molecule has 1 heterocycles. The molecule has 1 aromatic rings. The van der Waals surface area contributed by atoms with Crippen LogP contribution in [-0.4, -0.2) is 47.2 Å². The van der Waals surface area contributed by atoms with Crippen molar-refractivity contribution in [1.82, 2.24) is 9.88 Å². The number of ketones is 1. The van der Waals surface area contributed by atoms with Gasteiger partial charge >= 0.3 is 5.97 Å². The van der Waals surface area contributed by atoms with Crippen LogP contribution in [-0.2, 0) is 9.53 Å². The van der Waals surface area contributed by atoms with Crippen LogP contribution in [0.4, 0.5) is 0 Å². The minimum atomic E-state index is -0.482. The standard InChI is InChI=1S/C21H30N2O4/c1-13-18(14(2)22-19(13)21(26)27-3)17(24)12-23(16-10-5-4-6-11-16)20(25)15-8-7-9-15/h15-16,22H,4-12H2,1-3H3. The number of rotatable bonds is 6. The van der Waals surface area contributed by atoms with Gasteiger partial charge in [-0.1, -0.05) is 25.7 Å². The molecule has 3 rings (SSSR count). The lowest BCUT2D eigenvalue weighted by Crippen LogP contribution is -2.48. The van der Waals surface area contributed by atoms with Gasteiger partial charge in [-0.15, -0.1) is 0 Å². The first-order valence-electron chi connectivity index (χ1n) is 10.0. The van der Waals surface area contributed by atoms with Crippen molar-refractivity contribution >= 4 is 17.7 Å². The quantitative estimate of drug-likeness (QED) is 0.610. The fourth-order valence-corrected chi connectivity index (χ4v) is 4.38. The second-order valence-corrected chi connectivity index (χ2v) is 7.93. The Kier molecular flexibility index (Phi) is 6.02. The number of ether oxygens (including phenoxy) is 1. The molecular weight excluding hydrogens is 344 g/mol. The molecule has 2 saturated carbocycles. The van der Waals surface area contributed by atoms with Gasteiger partial charge in [0.2, 0.25) is 5.91 Å². The Morgan fingerprint density at radius 2 is 1.70 bits per heavy atom. The molecule has 0 spiro atoms. The molecule has 1 N–H and O–H groups in total. The van der Waals surface area contributed by atoms with E-state index in [1.54, 1.807) is 13.8 Å². The van der Waals surface area contributed by atoms with E-state index in [0.717, 1.165) is 44.9 Å². The van der Waals surface area contributed by atoms with Gasteiger partial charge in [-0.2, -0.15) is 0 Å². The maximum absolute atomic E-state index is 13.1. The number of nitrogens with zero attached hydrogens (tertiary/aromatic N) is 1. The third-order valence-corrected chi connectivity index (χ3v) is 6.17. The zero-order chi connectivity index (χ0) is 19.6. The Balaban J connectivity index is 1.82. The number of carbonyl (C=O) groups is 3. The highest BCUT2D eigenvalue weighted by Crippen LogP contribution is 2.32. The monoisotopic (exact) mass is 374 g/mol. The molecule has 0 bridgehead atoms. The van der Waals surface area contributed by atoms with E-state index in [2.05, 4.69) is 4.98 Å². The lowest BCUT2D eigenvalue weighted by Gasteiger charge is -2.38. The minimum Gasteiger partial charge on any atom is -0.464 e. The molecule has 148 valence electrons. The van der Waals surface area contributed by atoms with Gasteiger partial charge < -0.3 is 14.6 Å². The van der Waals surface area contributed by atoms with Crippen molar-refractivity contribution in [3.8, 4) is 0 Å². The number of methoxy groups -OCH3 is 1. The minimum absolute atomic E-state index is 0.0822. The van der Waals surface area contributed by atoms with Crippen molar-refractivity contribution in [2.75, 3.05) is 13.7 Å². The van der Waals surface area contributed by atoms with Crippen LogP contribution in [0, 0.1) is 19.8 Å². The van der Waals surface area contributed by atoms with Crippen molar-refractivity contribution in [1.29, 1.82) is 0 Å². The molecule has 0 aromatic carbocycles. The van der Waals surface area contributed by atoms with E-state index < -0.39 is 5.97 Å². The number of esters is 1. The van der Waals surface area contributed by atoms with Gasteiger partial charge in [-0.25, -0.2) is 4.79 Å². The maximum atomic E-state index is 13.1. The second-order valence-electron chi connectivity index (χ2n) is 7.93. The van der Waals surface area contributed by atoms with Crippen LogP contribution >= 0.6 is 0 Å². The van der Waals surface area contributed by atoms with E-state index in [4.69, 9.17) is 4.74 Å². The Bertz CT molecular complexity index is 727. The van der Waals surface area contributed by atoms with E-state index in [9.17, 15) is 14.4 Å². The number of Topliss-reactive ketones (excluding diaryl/α,β-unsaturated/α-hetero) is 1. The highest BCUT2D eigenvalue weighted by molar-refractivity contribution is 6.04. The van der Waals surface area contributed by atoms with Crippen molar-refractivity contribution in [3.63, 3.8) is 0 Å². The third-order valence-electron chi connectivity index (χ3n) is 6.17. The number of hydrogen-bond acceptors (Lipinski definition) is 4. The molecular formula is C21H30N2O4. The summed E-state index contributed by atoms with van der Waals surface area (Å²) in [5.74, 6) is -0.363. The molecule has 0 aliphatic heterocycles. The van der Waals surface area contributed by atoms with Gasteiger partial charge in [-0.3, -0.25) is 9.59 Å². The molecule has 2 aliphatic rings. The molecule has 0 saturated heterocycles. The summed E-state index contributed by atoms with van der Waals surface area (Å²) >= 11 is 0. The van der Waals surface area contributed by atoms with Gasteiger partial charge in [0, 0.05) is 23.2 Å². The second kappa shape index (κ2) is 8.28. The summed E-state index contributed by atoms with van der Waals surface area (Å²) in [6.45, 7) is 3.63. The summed E-state index contributed by atoms with van der Waals surface area (Å²) in [5.41, 5.74) is 2.08. The van der Waals surface area contributed by atoms with Crippen LogP contribution in [0.25, 0.3) is 0 Å². The summed E-state index contributed by atoms with van der Waals surface area (Å²) in [6.07, 6.45) is 8.35. The summed E-state index contributed by atoms with van der Waals surface area (Å²) in [4.78, 5) is 42.9.